The molecule has 2 aromatic rings. The number of ether oxygens (including phenoxy) is 2. The number of benzene rings is 1. The molecular formula is C20H29ClIN5O3. The summed E-state index contributed by atoms with van der Waals surface area (Å²) in [5.74, 6) is 1.94. The van der Waals surface area contributed by atoms with Gasteiger partial charge >= 0.3 is 0 Å². The van der Waals surface area contributed by atoms with Gasteiger partial charge in [-0.3, -0.25) is 4.68 Å². The lowest BCUT2D eigenvalue weighted by Crippen LogP contribution is -2.39. The number of aryl methyl sites for hydroxylation is 1. The minimum absolute atomic E-state index is 0. The Morgan fingerprint density at radius 2 is 2.10 bits per heavy atom. The molecule has 2 heterocycles. The van der Waals surface area contributed by atoms with Gasteiger partial charge in [-0.15, -0.1) is 24.0 Å². The molecule has 1 aliphatic heterocycles. The Morgan fingerprint density at radius 3 is 2.80 bits per heavy atom. The quantitative estimate of drug-likeness (QED) is 0.279. The molecule has 1 unspecified atom stereocenters. The number of hydrogen-bond donors (Lipinski definition) is 3. The van der Waals surface area contributed by atoms with E-state index in [0.29, 0.717) is 42.2 Å². The van der Waals surface area contributed by atoms with Crippen LogP contribution in [0.15, 0.2) is 29.5 Å². The second-order valence-corrected chi connectivity index (χ2v) is 7.56. The maximum absolute atomic E-state index is 10.7. The molecule has 0 saturated heterocycles. The zero-order chi connectivity index (χ0) is 20.9. The predicted octanol–water partition coefficient (Wildman–Crippen LogP) is 2.47. The van der Waals surface area contributed by atoms with Gasteiger partial charge in [0.2, 0.25) is 0 Å². The maximum atomic E-state index is 10.7. The second-order valence-electron chi connectivity index (χ2n) is 7.15. The first kappa shape index (κ1) is 24.5. The third-order valence-corrected chi connectivity index (χ3v) is 4.86. The molecule has 1 aliphatic rings. The Bertz CT molecular complexity index is 872. The molecule has 1 aromatic heterocycles. The number of aliphatic hydroxyl groups is 1. The van der Waals surface area contributed by atoms with Crippen molar-refractivity contribution in [2.24, 2.45) is 12.0 Å². The summed E-state index contributed by atoms with van der Waals surface area (Å²) >= 11 is 6.30. The Balaban J connectivity index is 0.00000320. The number of guanidine groups is 1. The molecule has 0 saturated carbocycles. The predicted molar refractivity (Wildman–Crippen MR) is 128 cm³/mol. The summed E-state index contributed by atoms with van der Waals surface area (Å²) in [6, 6.07) is 3.85. The lowest BCUT2D eigenvalue weighted by Gasteiger charge is -2.21. The van der Waals surface area contributed by atoms with Crippen molar-refractivity contribution >= 4 is 41.5 Å². The molecule has 0 spiro atoms. The van der Waals surface area contributed by atoms with E-state index in [1.807, 2.05) is 26.1 Å². The summed E-state index contributed by atoms with van der Waals surface area (Å²) in [7, 11) is 1.82. The highest BCUT2D eigenvalue weighted by atomic mass is 127. The molecule has 8 nitrogen and oxygen atoms in total. The van der Waals surface area contributed by atoms with E-state index in [9.17, 15) is 5.11 Å². The molecule has 3 rings (SSSR count). The van der Waals surface area contributed by atoms with E-state index in [2.05, 4.69) is 20.7 Å². The number of rotatable bonds is 7. The molecule has 30 heavy (non-hydrogen) atoms. The molecule has 0 amide bonds. The van der Waals surface area contributed by atoms with E-state index in [0.717, 1.165) is 24.1 Å². The highest BCUT2D eigenvalue weighted by Gasteiger charge is 2.24. The van der Waals surface area contributed by atoms with E-state index >= 15 is 0 Å². The largest absolute Gasteiger partial charge is 0.486 e. The van der Waals surface area contributed by atoms with Gasteiger partial charge in [-0.05, 0) is 38.0 Å². The summed E-state index contributed by atoms with van der Waals surface area (Å²) in [5, 5.41) is 21.9. The van der Waals surface area contributed by atoms with Crippen LogP contribution in [0.5, 0.6) is 11.5 Å². The Labute approximate surface area is 199 Å². The molecule has 1 aromatic carbocycles. The van der Waals surface area contributed by atoms with Crippen LogP contribution in [0.1, 0.15) is 25.0 Å². The minimum Gasteiger partial charge on any atom is -0.486 e. The number of fused-ring (bicyclic) bond motifs is 1. The zero-order valence-electron chi connectivity index (χ0n) is 17.4. The van der Waals surface area contributed by atoms with Gasteiger partial charge in [0.15, 0.2) is 17.5 Å². The van der Waals surface area contributed by atoms with E-state index in [-0.39, 0.29) is 30.5 Å². The van der Waals surface area contributed by atoms with Crippen molar-refractivity contribution < 1.29 is 14.6 Å². The van der Waals surface area contributed by atoms with Crippen molar-refractivity contribution in [3.63, 3.8) is 0 Å². The van der Waals surface area contributed by atoms with Crippen LogP contribution in [0.2, 0.25) is 5.02 Å². The molecule has 166 valence electrons. The van der Waals surface area contributed by atoms with Crippen molar-refractivity contribution in [2.45, 2.75) is 25.9 Å². The van der Waals surface area contributed by atoms with Crippen LogP contribution in [0.3, 0.4) is 0 Å². The van der Waals surface area contributed by atoms with Gasteiger partial charge in [0.25, 0.3) is 0 Å². The van der Waals surface area contributed by atoms with Crippen LogP contribution in [-0.4, -0.2) is 53.7 Å². The van der Waals surface area contributed by atoms with Gasteiger partial charge in [0, 0.05) is 31.9 Å². The summed E-state index contributed by atoms with van der Waals surface area (Å²) in [6.45, 7) is 6.35. The Hall–Kier alpha value is -1.72. The van der Waals surface area contributed by atoms with Crippen LogP contribution in [-0.2, 0) is 19.1 Å². The average Bonchev–Trinajstić information content (AvgIpc) is 3.14. The zero-order valence-corrected chi connectivity index (χ0v) is 20.5. The highest BCUT2D eigenvalue weighted by Crippen LogP contribution is 2.38. The maximum Gasteiger partial charge on any atom is 0.191 e. The van der Waals surface area contributed by atoms with Crippen molar-refractivity contribution in [1.82, 2.24) is 20.4 Å². The lowest BCUT2D eigenvalue weighted by molar-refractivity contribution is 0.0672. The molecular weight excluding hydrogens is 521 g/mol. The number of hydrogen-bond acceptors (Lipinski definition) is 5. The van der Waals surface area contributed by atoms with Gasteiger partial charge in [-0.2, -0.15) is 5.10 Å². The molecule has 0 bridgehead atoms. The molecule has 0 aliphatic carbocycles. The molecule has 1 atom stereocenters. The average molecular weight is 550 g/mol. The van der Waals surface area contributed by atoms with Crippen LogP contribution in [0.4, 0.5) is 0 Å². The third kappa shape index (κ3) is 6.39. The van der Waals surface area contributed by atoms with Crippen LogP contribution < -0.4 is 20.1 Å². The SMILES string of the molecule is CCNC(=NCC(C)(O)c1cnn(C)c1)NCCc1cc(Cl)c2c(c1)OCCO2.I. The fourth-order valence-corrected chi connectivity index (χ4v) is 3.29. The fraction of sp³-hybridized carbons (Fsp3) is 0.500. The Morgan fingerprint density at radius 1 is 1.33 bits per heavy atom. The number of halogens is 2. The number of nitrogens with zero attached hydrogens (tertiary/aromatic N) is 3. The first-order chi connectivity index (χ1) is 13.9. The number of aromatic nitrogens is 2. The number of aliphatic imine (C=N–C) groups is 1. The standard InChI is InChI=1S/C20H28ClN5O3.HI/c1-4-22-19(24-13-20(2,27)15-11-25-26(3)12-15)23-6-5-14-9-16(21)18-17(10-14)28-7-8-29-18;/h9-12,27H,4-8,13H2,1-3H3,(H2,22,23,24);1H. The molecule has 0 radical (unpaired) electrons. The van der Waals surface area contributed by atoms with E-state index in [1.54, 1.807) is 24.0 Å². The van der Waals surface area contributed by atoms with E-state index in [4.69, 9.17) is 21.1 Å². The fourth-order valence-electron chi connectivity index (χ4n) is 3.00. The molecule has 3 N–H and O–H groups in total. The number of nitrogens with one attached hydrogen (secondary N) is 2. The second kappa shape index (κ2) is 11.1. The summed E-state index contributed by atoms with van der Waals surface area (Å²) in [6.07, 6.45) is 4.18. The Kier molecular flexibility index (Phi) is 9.05. The van der Waals surface area contributed by atoms with E-state index < -0.39 is 5.60 Å². The van der Waals surface area contributed by atoms with Crippen LogP contribution in [0.25, 0.3) is 0 Å². The molecule has 10 heteroatoms. The summed E-state index contributed by atoms with van der Waals surface area (Å²) in [5.41, 5.74) is 0.676. The van der Waals surface area contributed by atoms with Gasteiger partial charge < -0.3 is 25.2 Å². The van der Waals surface area contributed by atoms with Gasteiger partial charge in [0.1, 0.15) is 18.8 Å². The van der Waals surface area contributed by atoms with Gasteiger partial charge in [-0.1, -0.05) is 11.6 Å². The van der Waals surface area contributed by atoms with Crippen molar-refractivity contribution in [3.05, 3.63) is 40.7 Å². The summed E-state index contributed by atoms with van der Waals surface area (Å²) in [4.78, 5) is 4.53. The van der Waals surface area contributed by atoms with E-state index in [1.165, 1.54) is 0 Å². The van der Waals surface area contributed by atoms with Crippen molar-refractivity contribution in [2.75, 3.05) is 32.8 Å². The van der Waals surface area contributed by atoms with Crippen molar-refractivity contribution in [1.29, 1.82) is 0 Å². The summed E-state index contributed by atoms with van der Waals surface area (Å²) < 4.78 is 12.8. The lowest BCUT2D eigenvalue weighted by atomic mass is 10.0. The normalized spacial score (nSPS) is 15.2. The first-order valence-electron chi connectivity index (χ1n) is 9.71. The van der Waals surface area contributed by atoms with Crippen LogP contribution in [0, 0.1) is 0 Å². The van der Waals surface area contributed by atoms with Crippen LogP contribution >= 0.6 is 35.6 Å². The third-order valence-electron chi connectivity index (χ3n) is 4.58. The van der Waals surface area contributed by atoms with Gasteiger partial charge in [-0.25, -0.2) is 4.99 Å². The minimum atomic E-state index is -1.10. The van der Waals surface area contributed by atoms with Crippen molar-refractivity contribution in [3.8, 4) is 11.5 Å². The highest BCUT2D eigenvalue weighted by molar-refractivity contribution is 14.0. The smallest absolute Gasteiger partial charge is 0.191 e. The molecule has 0 fully saturated rings. The topological polar surface area (TPSA) is 92.9 Å². The van der Waals surface area contributed by atoms with Gasteiger partial charge in [0.05, 0.1) is 17.8 Å². The monoisotopic (exact) mass is 549 g/mol. The first-order valence-corrected chi connectivity index (χ1v) is 10.1.